The molecule has 35 heavy (non-hydrogen) atoms. The van der Waals surface area contributed by atoms with Crippen LogP contribution in [-0.4, -0.2) is 51.8 Å². The van der Waals surface area contributed by atoms with Gasteiger partial charge < -0.3 is 10.2 Å². The Balaban J connectivity index is 1.39. The smallest absolute Gasteiger partial charge is 0.293 e. The Kier molecular flexibility index (Phi) is 7.33. The van der Waals surface area contributed by atoms with Crippen molar-refractivity contribution >= 4 is 17.3 Å². The van der Waals surface area contributed by atoms with Crippen molar-refractivity contribution in [3.63, 3.8) is 0 Å². The van der Waals surface area contributed by atoms with Crippen LogP contribution in [0.15, 0.2) is 66.9 Å². The number of nitriles is 1. The van der Waals surface area contributed by atoms with Gasteiger partial charge in [-0.2, -0.15) is 5.26 Å². The molecule has 4 rings (SSSR count). The van der Waals surface area contributed by atoms with Gasteiger partial charge >= 0.3 is 0 Å². The maximum absolute atomic E-state index is 13.1. The zero-order valence-corrected chi connectivity index (χ0v) is 19.4. The van der Waals surface area contributed by atoms with E-state index in [9.17, 15) is 14.9 Å². The molecule has 1 amide bonds. The van der Waals surface area contributed by atoms with Crippen molar-refractivity contribution in [1.29, 1.82) is 5.26 Å². The number of anilines is 1. The van der Waals surface area contributed by atoms with Gasteiger partial charge in [0.1, 0.15) is 5.69 Å². The fourth-order valence-electron chi connectivity index (χ4n) is 4.11. The van der Waals surface area contributed by atoms with Crippen LogP contribution in [0.2, 0.25) is 0 Å². The molecule has 178 valence electrons. The lowest BCUT2D eigenvalue weighted by atomic mass is 10.1. The molecule has 1 aliphatic heterocycles. The molecule has 1 aromatic heterocycles. The van der Waals surface area contributed by atoms with Gasteiger partial charge in [0.15, 0.2) is 0 Å². The van der Waals surface area contributed by atoms with E-state index in [2.05, 4.69) is 21.3 Å². The molecule has 9 heteroatoms. The lowest BCUT2D eigenvalue weighted by Crippen LogP contribution is -2.48. The van der Waals surface area contributed by atoms with Crippen molar-refractivity contribution in [2.45, 2.75) is 19.5 Å². The highest BCUT2D eigenvalue weighted by Crippen LogP contribution is 2.29. The molecule has 1 unspecified atom stereocenters. The van der Waals surface area contributed by atoms with Gasteiger partial charge in [0.25, 0.3) is 11.6 Å². The molecule has 3 aromatic rings. The van der Waals surface area contributed by atoms with Gasteiger partial charge in [-0.3, -0.25) is 24.8 Å². The normalized spacial score (nSPS) is 14.7. The van der Waals surface area contributed by atoms with Crippen LogP contribution < -0.4 is 5.32 Å². The van der Waals surface area contributed by atoms with Crippen LogP contribution in [0.4, 0.5) is 11.4 Å². The number of nitro groups is 1. The molecule has 1 fully saturated rings. The Morgan fingerprint density at radius 3 is 2.51 bits per heavy atom. The summed E-state index contributed by atoms with van der Waals surface area (Å²) in [5.74, 6) is -0.213. The first-order chi connectivity index (χ1) is 16.9. The zero-order valence-electron chi connectivity index (χ0n) is 19.4. The molecule has 1 aliphatic rings. The quantitative estimate of drug-likeness (QED) is 0.410. The Morgan fingerprint density at radius 1 is 1.14 bits per heavy atom. The Labute approximate surface area is 203 Å². The fourth-order valence-corrected chi connectivity index (χ4v) is 4.11. The number of aromatic nitrogens is 1. The molecule has 0 saturated carbocycles. The summed E-state index contributed by atoms with van der Waals surface area (Å²) in [6, 6.07) is 19.5. The summed E-state index contributed by atoms with van der Waals surface area (Å²) in [6.07, 6.45) is 1.67. The van der Waals surface area contributed by atoms with Crippen LogP contribution >= 0.6 is 0 Å². The standard InChI is InChI=1S/C26H26N6O3/c1-19(23-4-2-3-11-28-23)29-24-10-9-22(16-25(24)32(34)35)26(33)31-14-12-30(13-15-31)18-21-7-5-20(17-27)6-8-21/h2-11,16,19,29H,12-15,18H2,1H3. The molecule has 9 nitrogen and oxygen atoms in total. The van der Waals surface area contributed by atoms with Gasteiger partial charge in [-0.1, -0.05) is 18.2 Å². The maximum atomic E-state index is 13.1. The number of benzene rings is 2. The van der Waals surface area contributed by atoms with Gasteiger partial charge in [0.05, 0.1) is 28.3 Å². The van der Waals surface area contributed by atoms with Gasteiger partial charge in [-0.05, 0) is 48.9 Å². The van der Waals surface area contributed by atoms with Crippen molar-refractivity contribution in [1.82, 2.24) is 14.8 Å². The number of carbonyl (C=O) groups excluding carboxylic acids is 1. The zero-order chi connectivity index (χ0) is 24.8. The molecule has 1 saturated heterocycles. The summed E-state index contributed by atoms with van der Waals surface area (Å²) in [6.45, 7) is 5.11. The summed E-state index contributed by atoms with van der Waals surface area (Å²) in [4.78, 5) is 32.6. The first kappa shape index (κ1) is 23.9. The highest BCUT2D eigenvalue weighted by Gasteiger charge is 2.25. The van der Waals surface area contributed by atoms with Crippen molar-refractivity contribution in [3.05, 3.63) is 99.4 Å². The lowest BCUT2D eigenvalue weighted by molar-refractivity contribution is -0.384. The molecule has 1 N–H and O–H groups in total. The second-order valence-corrected chi connectivity index (χ2v) is 8.49. The number of carbonyl (C=O) groups is 1. The lowest BCUT2D eigenvalue weighted by Gasteiger charge is -2.34. The SMILES string of the molecule is CC(Nc1ccc(C(=O)N2CCN(Cc3ccc(C#N)cc3)CC2)cc1[N+](=O)[O-])c1ccccn1. The van der Waals surface area contributed by atoms with Crippen LogP contribution in [0.3, 0.4) is 0 Å². The average Bonchev–Trinajstić information content (AvgIpc) is 2.89. The fraction of sp³-hybridized carbons (Fsp3) is 0.269. The monoisotopic (exact) mass is 470 g/mol. The highest BCUT2D eigenvalue weighted by atomic mass is 16.6. The molecule has 1 atom stereocenters. The Morgan fingerprint density at radius 2 is 1.89 bits per heavy atom. The predicted octanol–water partition coefficient (Wildman–Crippen LogP) is 3.99. The molecule has 0 radical (unpaired) electrons. The van der Waals surface area contributed by atoms with Gasteiger partial charge in [-0.15, -0.1) is 0 Å². The van der Waals surface area contributed by atoms with Gasteiger partial charge in [-0.25, -0.2) is 0 Å². The molecule has 0 aliphatic carbocycles. The summed E-state index contributed by atoms with van der Waals surface area (Å²) < 4.78 is 0. The van der Waals surface area contributed by atoms with E-state index in [4.69, 9.17) is 5.26 Å². The van der Waals surface area contributed by atoms with Crippen molar-refractivity contribution in [2.24, 2.45) is 0 Å². The van der Waals surface area contributed by atoms with E-state index in [-0.39, 0.29) is 17.6 Å². The molecular weight excluding hydrogens is 444 g/mol. The number of hydrogen-bond acceptors (Lipinski definition) is 7. The molecule has 2 aromatic carbocycles. The van der Waals surface area contributed by atoms with Gasteiger partial charge in [0.2, 0.25) is 0 Å². The number of nitrogens with one attached hydrogen (secondary N) is 1. The minimum atomic E-state index is -0.472. The minimum Gasteiger partial charge on any atom is -0.371 e. The molecule has 2 heterocycles. The van der Waals surface area contributed by atoms with Gasteiger partial charge in [0, 0.05) is 50.6 Å². The number of nitrogens with zero attached hydrogens (tertiary/aromatic N) is 5. The first-order valence-corrected chi connectivity index (χ1v) is 11.4. The van der Waals surface area contributed by atoms with Crippen LogP contribution in [0.25, 0.3) is 0 Å². The van der Waals surface area contributed by atoms with Crippen molar-refractivity contribution in [2.75, 3.05) is 31.5 Å². The second-order valence-electron chi connectivity index (χ2n) is 8.49. The van der Waals surface area contributed by atoms with E-state index in [1.54, 1.807) is 35.4 Å². The van der Waals surface area contributed by atoms with Crippen LogP contribution in [0, 0.1) is 21.4 Å². The summed E-state index contributed by atoms with van der Waals surface area (Å²) >= 11 is 0. The molecule has 0 bridgehead atoms. The van der Waals surface area contributed by atoms with Crippen molar-refractivity contribution < 1.29 is 9.72 Å². The largest absolute Gasteiger partial charge is 0.371 e. The number of nitro benzene ring substituents is 1. The Bertz CT molecular complexity index is 1230. The second kappa shape index (κ2) is 10.8. The summed E-state index contributed by atoms with van der Waals surface area (Å²) in [5, 5.41) is 23.8. The van der Waals surface area contributed by atoms with Crippen LogP contribution in [-0.2, 0) is 6.54 Å². The third kappa shape index (κ3) is 5.80. The summed E-state index contributed by atoms with van der Waals surface area (Å²) in [7, 11) is 0. The molecular formula is C26H26N6O3. The number of rotatable bonds is 7. The Hall–Kier alpha value is -4.29. The average molecular weight is 471 g/mol. The van der Waals surface area contributed by atoms with E-state index in [0.29, 0.717) is 43.0 Å². The predicted molar refractivity (Wildman–Crippen MR) is 132 cm³/mol. The third-order valence-electron chi connectivity index (χ3n) is 6.09. The maximum Gasteiger partial charge on any atom is 0.293 e. The van der Waals surface area contributed by atoms with E-state index in [1.807, 2.05) is 37.3 Å². The summed E-state index contributed by atoms with van der Waals surface area (Å²) in [5.41, 5.74) is 3.01. The first-order valence-electron chi connectivity index (χ1n) is 11.4. The van der Waals surface area contributed by atoms with E-state index >= 15 is 0 Å². The third-order valence-corrected chi connectivity index (χ3v) is 6.09. The van der Waals surface area contributed by atoms with Crippen molar-refractivity contribution in [3.8, 4) is 6.07 Å². The number of pyridine rings is 1. The highest BCUT2D eigenvalue weighted by molar-refractivity contribution is 5.95. The van der Waals surface area contributed by atoms with E-state index in [0.717, 1.165) is 17.8 Å². The number of piperazine rings is 1. The molecule has 0 spiro atoms. The topological polar surface area (TPSA) is 115 Å². The minimum absolute atomic E-state index is 0.141. The van der Waals surface area contributed by atoms with E-state index < -0.39 is 4.92 Å². The van der Waals surface area contributed by atoms with E-state index in [1.165, 1.54) is 6.07 Å². The van der Waals surface area contributed by atoms with Crippen LogP contribution in [0.5, 0.6) is 0 Å². The number of hydrogen-bond donors (Lipinski definition) is 1. The van der Waals surface area contributed by atoms with Crippen LogP contribution in [0.1, 0.15) is 40.1 Å². The number of amides is 1.